The Balaban J connectivity index is 1.85. The van der Waals surface area contributed by atoms with Crippen molar-refractivity contribution in [2.24, 2.45) is 5.73 Å². The number of Topliss-reactive ketones (excluding diaryl/α,β-unsaturated/α-hetero) is 1. The van der Waals surface area contributed by atoms with Crippen molar-refractivity contribution in [3.63, 3.8) is 0 Å². The van der Waals surface area contributed by atoms with Crippen LogP contribution in [0.4, 0.5) is 0 Å². The van der Waals surface area contributed by atoms with Gasteiger partial charge in [0.05, 0.1) is 18.7 Å². The van der Waals surface area contributed by atoms with Crippen molar-refractivity contribution in [1.82, 2.24) is 10.2 Å². The zero-order chi connectivity index (χ0) is 25.9. The molecule has 4 N–H and O–H groups in total. The first kappa shape index (κ1) is 25.7. The summed E-state index contributed by atoms with van der Waals surface area (Å²) in [4.78, 5) is 38.3. The standard InChI is InChI=1S/C26H32N4O5/c1-6-34-22-10-16-12-30(24(28)17(16)11-18(22)25(33)29-5)13-20(31)15-7-8-21(35-14-23(27)32)19(9-15)26(2,3)4/h7-11,28H,6,12-14H2,1-5H3,(H2,27,32)(H,29,33). The van der Waals surface area contributed by atoms with E-state index in [0.717, 1.165) is 11.1 Å². The molecule has 0 unspecified atom stereocenters. The first-order valence-corrected chi connectivity index (χ1v) is 11.4. The molecule has 0 fully saturated rings. The third kappa shape index (κ3) is 5.62. The van der Waals surface area contributed by atoms with E-state index < -0.39 is 5.91 Å². The van der Waals surface area contributed by atoms with Gasteiger partial charge in [-0.3, -0.25) is 19.8 Å². The van der Waals surface area contributed by atoms with Crippen LogP contribution < -0.4 is 20.5 Å². The molecule has 1 aliphatic rings. The van der Waals surface area contributed by atoms with E-state index in [9.17, 15) is 14.4 Å². The Morgan fingerprint density at radius 1 is 1.11 bits per heavy atom. The summed E-state index contributed by atoms with van der Waals surface area (Å²) in [7, 11) is 1.54. The molecular weight excluding hydrogens is 448 g/mol. The molecule has 0 radical (unpaired) electrons. The molecule has 0 spiro atoms. The fourth-order valence-electron chi connectivity index (χ4n) is 3.98. The molecular formula is C26H32N4O5. The molecule has 1 heterocycles. The number of amidine groups is 1. The lowest BCUT2D eigenvalue weighted by Crippen LogP contribution is -2.30. The third-order valence-corrected chi connectivity index (χ3v) is 5.72. The lowest BCUT2D eigenvalue weighted by molar-refractivity contribution is -0.119. The molecule has 35 heavy (non-hydrogen) atoms. The Hall–Kier alpha value is -3.88. The molecule has 3 rings (SSSR count). The highest BCUT2D eigenvalue weighted by molar-refractivity contribution is 6.07. The summed E-state index contributed by atoms with van der Waals surface area (Å²) in [5.41, 5.74) is 7.90. The fraction of sp³-hybridized carbons (Fsp3) is 0.385. The van der Waals surface area contributed by atoms with Gasteiger partial charge in [0, 0.05) is 30.3 Å². The maximum Gasteiger partial charge on any atom is 0.255 e. The van der Waals surface area contributed by atoms with Crippen molar-refractivity contribution in [1.29, 1.82) is 5.41 Å². The SMILES string of the molecule is CCOc1cc2c(cc1C(=O)NC)C(=N)N(CC(=O)c1ccc(OCC(N)=O)c(C(C)(C)C)c1)C2. The molecule has 0 aliphatic carbocycles. The van der Waals surface area contributed by atoms with Crippen molar-refractivity contribution in [2.45, 2.75) is 39.7 Å². The lowest BCUT2D eigenvalue weighted by atomic mass is 9.85. The summed E-state index contributed by atoms with van der Waals surface area (Å²) in [5.74, 6) is 0.0912. The monoisotopic (exact) mass is 480 g/mol. The Bertz CT molecular complexity index is 1180. The predicted octanol–water partition coefficient (Wildman–Crippen LogP) is 2.63. The number of nitrogens with two attached hydrogens (primary N) is 1. The molecule has 9 heteroatoms. The fourth-order valence-corrected chi connectivity index (χ4v) is 3.98. The number of nitrogens with one attached hydrogen (secondary N) is 2. The van der Waals surface area contributed by atoms with Gasteiger partial charge < -0.3 is 25.4 Å². The number of ketones is 1. The number of primary amides is 1. The zero-order valence-corrected chi connectivity index (χ0v) is 20.8. The van der Waals surface area contributed by atoms with E-state index in [1.54, 1.807) is 35.2 Å². The van der Waals surface area contributed by atoms with Crippen LogP contribution in [0, 0.1) is 5.41 Å². The lowest BCUT2D eigenvalue weighted by Gasteiger charge is -2.24. The number of rotatable bonds is 9. The van der Waals surface area contributed by atoms with E-state index in [1.165, 1.54) is 7.05 Å². The van der Waals surface area contributed by atoms with Crippen LogP contribution in [0.2, 0.25) is 0 Å². The number of carbonyl (C=O) groups excluding carboxylic acids is 3. The minimum atomic E-state index is -0.579. The topological polar surface area (TPSA) is 135 Å². The van der Waals surface area contributed by atoms with E-state index in [2.05, 4.69) is 5.32 Å². The normalized spacial score (nSPS) is 12.8. The predicted molar refractivity (Wildman–Crippen MR) is 132 cm³/mol. The van der Waals surface area contributed by atoms with Gasteiger partial charge in [-0.05, 0) is 48.2 Å². The van der Waals surface area contributed by atoms with Gasteiger partial charge in [-0.25, -0.2) is 0 Å². The third-order valence-electron chi connectivity index (χ3n) is 5.72. The Morgan fingerprint density at radius 2 is 1.83 bits per heavy atom. The molecule has 9 nitrogen and oxygen atoms in total. The second-order valence-corrected chi connectivity index (χ2v) is 9.36. The minimum Gasteiger partial charge on any atom is -0.493 e. The summed E-state index contributed by atoms with van der Waals surface area (Å²) in [6.45, 7) is 8.31. The number of hydrogen-bond acceptors (Lipinski definition) is 6. The molecule has 0 saturated heterocycles. The number of ether oxygens (including phenoxy) is 2. The number of carbonyl (C=O) groups is 3. The Labute approximate surface area is 205 Å². The number of fused-ring (bicyclic) bond motifs is 1. The van der Waals surface area contributed by atoms with Gasteiger partial charge in [0.25, 0.3) is 11.8 Å². The number of benzene rings is 2. The summed E-state index contributed by atoms with van der Waals surface area (Å²) in [6.07, 6.45) is 0. The van der Waals surface area contributed by atoms with Gasteiger partial charge >= 0.3 is 0 Å². The second kappa shape index (κ2) is 10.2. The molecule has 186 valence electrons. The van der Waals surface area contributed by atoms with E-state index in [0.29, 0.717) is 41.3 Å². The van der Waals surface area contributed by atoms with Crippen molar-refractivity contribution in [2.75, 3.05) is 26.8 Å². The molecule has 2 aromatic rings. The van der Waals surface area contributed by atoms with Crippen LogP contribution in [0.3, 0.4) is 0 Å². The van der Waals surface area contributed by atoms with Crippen LogP contribution in [0.1, 0.15) is 65.1 Å². The number of hydrogen-bond donors (Lipinski definition) is 3. The molecule has 1 aliphatic heterocycles. The van der Waals surface area contributed by atoms with E-state index in [1.807, 2.05) is 27.7 Å². The highest BCUT2D eigenvalue weighted by atomic mass is 16.5. The highest BCUT2D eigenvalue weighted by Gasteiger charge is 2.30. The van der Waals surface area contributed by atoms with E-state index in [-0.39, 0.29) is 36.1 Å². The average Bonchev–Trinajstić information content (AvgIpc) is 3.10. The number of nitrogens with zero attached hydrogens (tertiary/aromatic N) is 1. The molecule has 2 amide bonds. The molecule has 0 atom stereocenters. The quantitative estimate of drug-likeness (QED) is 0.472. The Kier molecular flexibility index (Phi) is 7.48. The Morgan fingerprint density at radius 3 is 2.43 bits per heavy atom. The maximum absolute atomic E-state index is 13.2. The van der Waals surface area contributed by atoms with Gasteiger partial charge in [-0.15, -0.1) is 0 Å². The molecule has 0 saturated carbocycles. The van der Waals surface area contributed by atoms with Crippen molar-refractivity contribution >= 4 is 23.4 Å². The molecule has 0 bridgehead atoms. The first-order valence-electron chi connectivity index (χ1n) is 11.4. The van der Waals surface area contributed by atoms with Crippen molar-refractivity contribution < 1.29 is 23.9 Å². The highest BCUT2D eigenvalue weighted by Crippen LogP contribution is 2.33. The van der Waals surface area contributed by atoms with Gasteiger partial charge in [0.15, 0.2) is 12.4 Å². The van der Waals surface area contributed by atoms with Gasteiger partial charge in [-0.2, -0.15) is 0 Å². The van der Waals surface area contributed by atoms with Gasteiger partial charge in [0.2, 0.25) is 0 Å². The van der Waals surface area contributed by atoms with Gasteiger partial charge in [0.1, 0.15) is 17.3 Å². The van der Waals surface area contributed by atoms with Crippen molar-refractivity contribution in [3.05, 3.63) is 58.1 Å². The number of amides is 2. The zero-order valence-electron chi connectivity index (χ0n) is 20.8. The maximum atomic E-state index is 13.2. The molecule has 2 aromatic carbocycles. The first-order chi connectivity index (χ1) is 16.5. The summed E-state index contributed by atoms with van der Waals surface area (Å²) in [6, 6.07) is 8.50. The minimum absolute atomic E-state index is 0.00212. The van der Waals surface area contributed by atoms with Crippen LogP contribution >= 0.6 is 0 Å². The van der Waals surface area contributed by atoms with Gasteiger partial charge in [-0.1, -0.05) is 20.8 Å². The van der Waals surface area contributed by atoms with Crippen molar-refractivity contribution in [3.8, 4) is 11.5 Å². The van der Waals surface area contributed by atoms with E-state index in [4.69, 9.17) is 20.6 Å². The molecule has 0 aromatic heterocycles. The second-order valence-electron chi connectivity index (χ2n) is 9.36. The average molecular weight is 481 g/mol. The summed E-state index contributed by atoms with van der Waals surface area (Å²) in [5, 5.41) is 11.2. The van der Waals surface area contributed by atoms with Crippen LogP contribution in [0.15, 0.2) is 30.3 Å². The van der Waals surface area contributed by atoms with Crippen LogP contribution in [-0.4, -0.2) is 55.1 Å². The largest absolute Gasteiger partial charge is 0.493 e. The van der Waals surface area contributed by atoms with Crippen LogP contribution in [0.25, 0.3) is 0 Å². The summed E-state index contributed by atoms with van der Waals surface area (Å²) < 4.78 is 11.2. The smallest absolute Gasteiger partial charge is 0.255 e. The summed E-state index contributed by atoms with van der Waals surface area (Å²) >= 11 is 0. The van der Waals surface area contributed by atoms with Crippen LogP contribution in [0.5, 0.6) is 11.5 Å². The van der Waals surface area contributed by atoms with Crippen LogP contribution in [-0.2, 0) is 16.8 Å². The van der Waals surface area contributed by atoms with E-state index >= 15 is 0 Å².